The third-order valence-corrected chi connectivity index (χ3v) is 2.16. The molecule has 1 aliphatic rings. The van der Waals surface area contributed by atoms with Crippen molar-refractivity contribution in [2.45, 2.75) is 51.7 Å². The molecule has 0 aliphatic carbocycles. The summed E-state index contributed by atoms with van der Waals surface area (Å²) in [7, 11) is 2.21. The maximum atomic E-state index is 5.55. The standard InChI is InChI=1S/C9H18BO2/c1-7(2)12-9-5-4-8(10-3)6-11-9/h7-9H,4-6H2,1-3H3. The van der Waals surface area contributed by atoms with Gasteiger partial charge in [-0.2, -0.15) is 0 Å². The predicted octanol–water partition coefficient (Wildman–Crippen LogP) is 2.09. The Kier molecular flexibility index (Phi) is 4.09. The smallest absolute Gasteiger partial charge is 0.157 e. The van der Waals surface area contributed by atoms with Crippen LogP contribution in [0.1, 0.15) is 26.7 Å². The lowest BCUT2D eigenvalue weighted by Crippen LogP contribution is -2.29. The molecule has 0 N–H and O–H groups in total. The third-order valence-electron chi connectivity index (χ3n) is 2.16. The summed E-state index contributed by atoms with van der Waals surface area (Å²) in [6.45, 7) is 7.01. The number of hydrogen-bond acceptors (Lipinski definition) is 2. The topological polar surface area (TPSA) is 18.5 Å². The summed E-state index contributed by atoms with van der Waals surface area (Å²) >= 11 is 0. The van der Waals surface area contributed by atoms with Gasteiger partial charge in [0.15, 0.2) is 6.29 Å². The first kappa shape index (κ1) is 10.1. The summed E-state index contributed by atoms with van der Waals surface area (Å²) in [6, 6.07) is 0. The minimum absolute atomic E-state index is 0.0428. The minimum atomic E-state index is 0.0428. The van der Waals surface area contributed by atoms with Gasteiger partial charge >= 0.3 is 0 Å². The summed E-state index contributed by atoms with van der Waals surface area (Å²) < 4.78 is 11.1. The second-order valence-electron chi connectivity index (χ2n) is 3.62. The summed E-state index contributed by atoms with van der Waals surface area (Å²) in [5, 5.41) is 0. The van der Waals surface area contributed by atoms with E-state index in [9.17, 15) is 0 Å². The highest BCUT2D eigenvalue weighted by atomic mass is 16.7. The third kappa shape index (κ3) is 3.15. The van der Waals surface area contributed by atoms with Crippen LogP contribution in [0.2, 0.25) is 12.6 Å². The van der Waals surface area contributed by atoms with Crippen LogP contribution in [0.5, 0.6) is 0 Å². The van der Waals surface area contributed by atoms with Crippen LogP contribution in [-0.4, -0.2) is 26.3 Å². The molecule has 1 aliphatic heterocycles. The van der Waals surface area contributed by atoms with E-state index >= 15 is 0 Å². The van der Waals surface area contributed by atoms with Crippen molar-refractivity contribution < 1.29 is 9.47 Å². The molecule has 0 aromatic rings. The van der Waals surface area contributed by atoms with Gasteiger partial charge in [0.2, 0.25) is 0 Å². The summed E-state index contributed by atoms with van der Waals surface area (Å²) in [5.41, 5.74) is 0. The Morgan fingerprint density at radius 3 is 2.58 bits per heavy atom. The average molecular weight is 169 g/mol. The van der Waals surface area contributed by atoms with E-state index in [0.717, 1.165) is 13.0 Å². The molecule has 1 fully saturated rings. The van der Waals surface area contributed by atoms with Crippen LogP contribution in [0.15, 0.2) is 0 Å². The first-order chi connectivity index (χ1) is 5.72. The van der Waals surface area contributed by atoms with Gasteiger partial charge in [-0.3, -0.25) is 0 Å². The lowest BCUT2D eigenvalue weighted by molar-refractivity contribution is -0.180. The van der Waals surface area contributed by atoms with E-state index < -0.39 is 0 Å². The molecule has 0 bridgehead atoms. The van der Waals surface area contributed by atoms with Gasteiger partial charge in [-0.15, -0.1) is 0 Å². The average Bonchev–Trinajstić information content (AvgIpc) is 2.05. The molecular weight excluding hydrogens is 151 g/mol. The molecular formula is C9H18BO2. The first-order valence-electron chi connectivity index (χ1n) is 4.79. The van der Waals surface area contributed by atoms with Crippen molar-refractivity contribution in [1.29, 1.82) is 0 Å². The normalized spacial score (nSPS) is 30.7. The molecule has 0 saturated carbocycles. The van der Waals surface area contributed by atoms with Gasteiger partial charge < -0.3 is 9.47 Å². The van der Waals surface area contributed by atoms with Crippen LogP contribution in [0.25, 0.3) is 0 Å². The number of rotatable bonds is 3. The maximum absolute atomic E-state index is 5.55. The first-order valence-corrected chi connectivity index (χ1v) is 4.79. The van der Waals surface area contributed by atoms with E-state index in [1.54, 1.807) is 0 Å². The molecule has 0 spiro atoms. The zero-order valence-corrected chi connectivity index (χ0v) is 8.25. The molecule has 0 aromatic carbocycles. The molecule has 0 amide bonds. The van der Waals surface area contributed by atoms with E-state index in [2.05, 4.69) is 14.1 Å². The molecule has 1 radical (unpaired) electrons. The second-order valence-corrected chi connectivity index (χ2v) is 3.62. The molecule has 3 heteroatoms. The Hall–Kier alpha value is -0.0151. The lowest BCUT2D eigenvalue weighted by Gasteiger charge is -2.29. The van der Waals surface area contributed by atoms with E-state index in [-0.39, 0.29) is 12.4 Å². The van der Waals surface area contributed by atoms with Crippen molar-refractivity contribution >= 4 is 7.28 Å². The molecule has 1 rings (SSSR count). The molecule has 69 valence electrons. The predicted molar refractivity (Wildman–Crippen MR) is 50.6 cm³/mol. The fraction of sp³-hybridized carbons (Fsp3) is 1.00. The molecule has 2 nitrogen and oxygen atoms in total. The Bertz CT molecular complexity index is 120. The van der Waals surface area contributed by atoms with Crippen LogP contribution in [-0.2, 0) is 9.47 Å². The fourth-order valence-corrected chi connectivity index (χ4v) is 1.42. The van der Waals surface area contributed by atoms with Crippen molar-refractivity contribution in [3.8, 4) is 0 Å². The number of ether oxygens (including phenoxy) is 2. The van der Waals surface area contributed by atoms with Crippen molar-refractivity contribution in [3.63, 3.8) is 0 Å². The highest BCUT2D eigenvalue weighted by Gasteiger charge is 2.21. The lowest BCUT2D eigenvalue weighted by atomic mass is 9.65. The SMILES string of the molecule is C[B]C1CCC(OC(C)C)OC1. The van der Waals surface area contributed by atoms with Crippen LogP contribution in [0.3, 0.4) is 0 Å². The zero-order chi connectivity index (χ0) is 8.97. The van der Waals surface area contributed by atoms with Crippen LogP contribution in [0.4, 0.5) is 0 Å². The second kappa shape index (κ2) is 4.88. The maximum Gasteiger partial charge on any atom is 0.157 e. The largest absolute Gasteiger partial charge is 0.353 e. The van der Waals surface area contributed by atoms with Crippen molar-refractivity contribution in [3.05, 3.63) is 0 Å². The Morgan fingerprint density at radius 2 is 2.17 bits per heavy atom. The van der Waals surface area contributed by atoms with Crippen LogP contribution < -0.4 is 0 Å². The van der Waals surface area contributed by atoms with E-state index in [1.807, 2.05) is 13.8 Å². The fourth-order valence-electron chi connectivity index (χ4n) is 1.42. The molecule has 12 heavy (non-hydrogen) atoms. The van der Waals surface area contributed by atoms with E-state index in [0.29, 0.717) is 5.82 Å². The van der Waals surface area contributed by atoms with Gasteiger partial charge in [-0.05, 0) is 26.1 Å². The molecule has 1 heterocycles. The Labute approximate surface area is 75.9 Å². The van der Waals surface area contributed by atoms with Crippen molar-refractivity contribution in [1.82, 2.24) is 0 Å². The van der Waals surface area contributed by atoms with Gasteiger partial charge in [-0.1, -0.05) is 13.2 Å². The quantitative estimate of drug-likeness (QED) is 0.602. The van der Waals surface area contributed by atoms with E-state index in [1.165, 1.54) is 6.42 Å². The van der Waals surface area contributed by atoms with Gasteiger partial charge in [0.05, 0.1) is 6.10 Å². The highest BCUT2D eigenvalue weighted by molar-refractivity contribution is 6.35. The van der Waals surface area contributed by atoms with Crippen LogP contribution >= 0.6 is 0 Å². The van der Waals surface area contributed by atoms with Crippen molar-refractivity contribution in [2.24, 2.45) is 0 Å². The van der Waals surface area contributed by atoms with Gasteiger partial charge in [-0.25, -0.2) is 0 Å². The van der Waals surface area contributed by atoms with Crippen LogP contribution in [0, 0.1) is 0 Å². The molecule has 2 atom stereocenters. The van der Waals surface area contributed by atoms with Gasteiger partial charge in [0.1, 0.15) is 7.28 Å². The highest BCUT2D eigenvalue weighted by Crippen LogP contribution is 2.23. The number of hydrogen-bond donors (Lipinski definition) is 0. The Balaban J connectivity index is 2.17. The van der Waals surface area contributed by atoms with E-state index in [4.69, 9.17) is 9.47 Å². The summed E-state index contributed by atoms with van der Waals surface area (Å²) in [5.74, 6) is 0.636. The molecule has 1 saturated heterocycles. The summed E-state index contributed by atoms with van der Waals surface area (Å²) in [4.78, 5) is 0. The van der Waals surface area contributed by atoms with Gasteiger partial charge in [0.25, 0.3) is 0 Å². The monoisotopic (exact) mass is 169 g/mol. The van der Waals surface area contributed by atoms with Crippen molar-refractivity contribution in [2.75, 3.05) is 6.61 Å². The molecule has 0 aromatic heterocycles. The zero-order valence-electron chi connectivity index (χ0n) is 8.25. The van der Waals surface area contributed by atoms with Gasteiger partial charge in [0, 0.05) is 6.61 Å². The minimum Gasteiger partial charge on any atom is -0.353 e. The summed E-state index contributed by atoms with van der Waals surface area (Å²) in [6.07, 6.45) is 2.56. The Morgan fingerprint density at radius 1 is 1.42 bits per heavy atom. The molecule has 2 unspecified atom stereocenters.